The van der Waals surface area contributed by atoms with Gasteiger partial charge < -0.3 is 9.40 Å². The van der Waals surface area contributed by atoms with Gasteiger partial charge in [-0.2, -0.15) is 10.1 Å². The first kappa shape index (κ1) is 11.1. The zero-order valence-corrected chi connectivity index (χ0v) is 11.9. The highest BCUT2D eigenvalue weighted by Crippen LogP contribution is 2.28. The summed E-state index contributed by atoms with van der Waals surface area (Å²) in [5, 5.41) is 5.21. The molecule has 0 bridgehead atoms. The molecule has 0 unspecified atom stereocenters. The number of aromatic amines is 1. The van der Waals surface area contributed by atoms with Crippen LogP contribution < -0.4 is 5.56 Å². The largest absolute Gasteiger partial charge is 0.433 e. The molecule has 0 saturated carbocycles. The molecule has 17 heavy (non-hydrogen) atoms. The normalized spacial score (nSPS) is 11.7. The fourth-order valence-corrected chi connectivity index (χ4v) is 2.80. The van der Waals surface area contributed by atoms with Crippen LogP contribution in [0.2, 0.25) is 0 Å². The molecule has 0 spiro atoms. The Kier molecular flexibility index (Phi) is 2.43. The summed E-state index contributed by atoms with van der Waals surface area (Å²) >= 11 is 3.44. The summed E-state index contributed by atoms with van der Waals surface area (Å²) in [6.45, 7) is 0. The molecule has 8 heteroatoms. The van der Waals surface area contributed by atoms with E-state index in [1.807, 2.05) is 6.26 Å². The first-order valence-electron chi connectivity index (χ1n) is 4.71. The lowest BCUT2D eigenvalue weighted by Gasteiger charge is -1.94. The number of H-pyrrole nitrogens is 1. The van der Waals surface area contributed by atoms with Crippen LogP contribution in [0.3, 0.4) is 0 Å². The van der Waals surface area contributed by atoms with E-state index in [1.165, 1.54) is 11.8 Å². The molecule has 0 saturated heterocycles. The van der Waals surface area contributed by atoms with Gasteiger partial charge in [0.2, 0.25) is 5.71 Å². The van der Waals surface area contributed by atoms with E-state index >= 15 is 0 Å². The van der Waals surface area contributed by atoms with Gasteiger partial charge in [0, 0.05) is 7.05 Å². The third-order valence-corrected chi connectivity index (χ3v) is 3.74. The van der Waals surface area contributed by atoms with Gasteiger partial charge in [-0.15, -0.1) is 0 Å². The molecule has 0 aromatic carbocycles. The van der Waals surface area contributed by atoms with Gasteiger partial charge in [0.25, 0.3) is 5.56 Å². The molecular formula is C9H7IN4O2S. The van der Waals surface area contributed by atoms with Crippen LogP contribution >= 0.6 is 34.4 Å². The molecule has 0 radical (unpaired) electrons. The number of hydrogen-bond donors (Lipinski definition) is 1. The van der Waals surface area contributed by atoms with E-state index in [-0.39, 0.29) is 5.56 Å². The molecule has 0 atom stereocenters. The van der Waals surface area contributed by atoms with E-state index in [0.717, 1.165) is 3.70 Å². The Morgan fingerprint density at radius 1 is 1.53 bits per heavy atom. The summed E-state index contributed by atoms with van der Waals surface area (Å²) in [5.74, 6) is 0. The van der Waals surface area contributed by atoms with E-state index in [4.69, 9.17) is 4.42 Å². The highest BCUT2D eigenvalue weighted by Gasteiger charge is 2.19. The molecule has 1 N–H and O–H groups in total. The third kappa shape index (κ3) is 1.50. The minimum absolute atomic E-state index is 0.197. The number of aryl methyl sites for hydroxylation is 1. The lowest BCUT2D eigenvalue weighted by Crippen LogP contribution is -2.08. The zero-order valence-electron chi connectivity index (χ0n) is 8.94. The predicted molar refractivity (Wildman–Crippen MR) is 73.4 cm³/mol. The Morgan fingerprint density at radius 2 is 2.29 bits per heavy atom. The van der Waals surface area contributed by atoms with E-state index in [9.17, 15) is 4.79 Å². The van der Waals surface area contributed by atoms with Crippen molar-refractivity contribution in [1.82, 2.24) is 19.7 Å². The highest BCUT2D eigenvalue weighted by molar-refractivity contribution is 14.1. The summed E-state index contributed by atoms with van der Waals surface area (Å²) in [5.41, 5.74) is 1.46. The molecule has 0 aliphatic rings. The lowest BCUT2D eigenvalue weighted by atomic mass is 10.3. The van der Waals surface area contributed by atoms with Gasteiger partial charge >= 0.3 is 0 Å². The van der Waals surface area contributed by atoms with Gasteiger partial charge in [-0.3, -0.25) is 9.48 Å². The maximum atomic E-state index is 12.0. The van der Waals surface area contributed by atoms with Crippen LogP contribution in [0.4, 0.5) is 0 Å². The smallest absolute Gasteiger partial charge is 0.265 e. The Balaban J connectivity index is 2.58. The molecule has 3 aromatic rings. The van der Waals surface area contributed by atoms with E-state index in [1.54, 1.807) is 11.7 Å². The van der Waals surface area contributed by atoms with Crippen LogP contribution in [-0.4, -0.2) is 26.0 Å². The molecule has 3 rings (SSSR count). The van der Waals surface area contributed by atoms with Gasteiger partial charge in [-0.05, 0) is 28.8 Å². The number of aromatic nitrogens is 4. The van der Waals surface area contributed by atoms with Gasteiger partial charge in [0.1, 0.15) is 10.9 Å². The quantitative estimate of drug-likeness (QED) is 0.405. The van der Waals surface area contributed by atoms with Crippen molar-refractivity contribution in [1.29, 1.82) is 0 Å². The van der Waals surface area contributed by atoms with Crippen LogP contribution in [0.25, 0.3) is 22.2 Å². The van der Waals surface area contributed by atoms with Gasteiger partial charge in [-0.25, -0.2) is 0 Å². The summed E-state index contributed by atoms with van der Waals surface area (Å²) in [6, 6.07) is 0. The van der Waals surface area contributed by atoms with Crippen molar-refractivity contribution < 1.29 is 4.42 Å². The second-order valence-electron chi connectivity index (χ2n) is 3.45. The van der Waals surface area contributed by atoms with Crippen molar-refractivity contribution in [2.45, 2.75) is 5.16 Å². The molecule has 0 amide bonds. The average molecular weight is 362 g/mol. The maximum absolute atomic E-state index is 12.0. The fourth-order valence-electron chi connectivity index (χ4n) is 1.75. The number of hydrogen-bond acceptors (Lipinski definition) is 5. The van der Waals surface area contributed by atoms with Crippen molar-refractivity contribution in [3.8, 4) is 0 Å². The second-order valence-corrected chi connectivity index (χ2v) is 5.27. The van der Waals surface area contributed by atoms with Crippen LogP contribution in [0.5, 0.6) is 0 Å². The number of thioether (sulfide) groups is 1. The summed E-state index contributed by atoms with van der Waals surface area (Å²) < 4.78 is 7.95. The second kappa shape index (κ2) is 3.73. The summed E-state index contributed by atoms with van der Waals surface area (Å²) in [4.78, 5) is 18.9. The van der Waals surface area contributed by atoms with Crippen molar-refractivity contribution in [3.63, 3.8) is 0 Å². The maximum Gasteiger partial charge on any atom is 0.265 e. The Hall–Kier alpha value is -1.03. The standard InChI is InChI=1S/C9H7IN4O2S/c1-14-4-3-7(15)11-9(17-2)12-8(3)16-5(4)6(10)13-14/h1-2H3,(H,11,12,15). The lowest BCUT2D eigenvalue weighted by molar-refractivity contribution is 0.641. The van der Waals surface area contributed by atoms with Crippen molar-refractivity contribution in [3.05, 3.63) is 14.1 Å². The number of nitrogens with one attached hydrogen (secondary N) is 1. The van der Waals surface area contributed by atoms with Crippen molar-refractivity contribution in [2.75, 3.05) is 6.26 Å². The Bertz CT molecular complexity index is 788. The molecule has 0 fully saturated rings. The first-order chi connectivity index (χ1) is 8.11. The zero-order chi connectivity index (χ0) is 12.2. The highest BCUT2D eigenvalue weighted by atomic mass is 127. The van der Waals surface area contributed by atoms with Gasteiger partial charge in [-0.1, -0.05) is 11.8 Å². The molecule has 3 heterocycles. The van der Waals surface area contributed by atoms with Crippen LogP contribution in [0, 0.1) is 3.70 Å². The molecule has 0 aliphatic heterocycles. The number of fused-ring (bicyclic) bond motifs is 3. The Morgan fingerprint density at radius 3 is 3.00 bits per heavy atom. The molecule has 6 nitrogen and oxygen atoms in total. The topological polar surface area (TPSA) is 76.7 Å². The minimum Gasteiger partial charge on any atom is -0.433 e. The fraction of sp³-hybridized carbons (Fsp3) is 0.222. The van der Waals surface area contributed by atoms with E-state index in [0.29, 0.717) is 27.4 Å². The van der Waals surface area contributed by atoms with Crippen LogP contribution in [-0.2, 0) is 7.05 Å². The van der Waals surface area contributed by atoms with Crippen molar-refractivity contribution >= 4 is 56.6 Å². The van der Waals surface area contributed by atoms with Crippen molar-refractivity contribution in [2.24, 2.45) is 7.05 Å². The first-order valence-corrected chi connectivity index (χ1v) is 7.01. The van der Waals surface area contributed by atoms with Crippen LogP contribution in [0.1, 0.15) is 0 Å². The monoisotopic (exact) mass is 362 g/mol. The van der Waals surface area contributed by atoms with E-state index in [2.05, 4.69) is 37.7 Å². The van der Waals surface area contributed by atoms with Gasteiger partial charge in [0.05, 0.1) is 0 Å². The molecular weight excluding hydrogens is 355 g/mol. The number of rotatable bonds is 1. The molecule has 3 aromatic heterocycles. The summed E-state index contributed by atoms with van der Waals surface area (Å²) in [7, 11) is 1.78. The SMILES string of the molecule is CSc1nc2oc3c(I)nn(C)c3c2c(=O)[nH]1. The third-order valence-electron chi connectivity index (χ3n) is 2.46. The van der Waals surface area contributed by atoms with Gasteiger partial charge in [0.15, 0.2) is 14.4 Å². The van der Waals surface area contributed by atoms with E-state index < -0.39 is 0 Å². The average Bonchev–Trinajstić information content (AvgIpc) is 2.78. The minimum atomic E-state index is -0.197. The number of furan rings is 1. The number of nitrogens with zero attached hydrogens (tertiary/aromatic N) is 3. The predicted octanol–water partition coefficient (Wildman–Crippen LogP) is 1.73. The molecule has 88 valence electrons. The molecule has 0 aliphatic carbocycles. The Labute approximate surface area is 113 Å². The number of halogens is 1. The van der Waals surface area contributed by atoms with Crippen LogP contribution in [0.15, 0.2) is 14.4 Å². The summed E-state index contributed by atoms with van der Waals surface area (Å²) in [6.07, 6.45) is 1.85.